The van der Waals surface area contributed by atoms with Crippen molar-refractivity contribution in [3.05, 3.63) is 29.2 Å². The van der Waals surface area contributed by atoms with Crippen LogP contribution in [0.25, 0.3) is 5.65 Å². The number of carboxylic acid groups (broad SMARTS) is 1. The van der Waals surface area contributed by atoms with Crippen molar-refractivity contribution in [2.75, 3.05) is 6.54 Å². The lowest BCUT2D eigenvalue weighted by Gasteiger charge is -2.07. The average molecular weight is 278 g/mol. The van der Waals surface area contributed by atoms with Crippen molar-refractivity contribution in [2.45, 2.75) is 20.0 Å². The molecule has 0 unspecified atom stereocenters. The highest BCUT2D eigenvalue weighted by atomic mass is 16.4. The molecule has 2 aromatic rings. The molecule has 2 rings (SSSR count). The molecule has 1 atom stereocenters. The van der Waals surface area contributed by atoms with Gasteiger partial charge in [0.1, 0.15) is 5.56 Å². The highest BCUT2D eigenvalue weighted by Gasteiger charge is 2.18. The van der Waals surface area contributed by atoms with Gasteiger partial charge in [-0.25, -0.2) is 14.3 Å². The zero-order chi connectivity index (χ0) is 14.9. The molecule has 8 nitrogen and oxygen atoms in total. The van der Waals surface area contributed by atoms with Crippen LogP contribution in [0.15, 0.2) is 12.3 Å². The summed E-state index contributed by atoms with van der Waals surface area (Å²) in [6.07, 6.45) is -0.283. The van der Waals surface area contributed by atoms with E-state index in [1.165, 1.54) is 10.7 Å². The summed E-state index contributed by atoms with van der Waals surface area (Å²) in [4.78, 5) is 26.7. The van der Waals surface area contributed by atoms with Crippen LogP contribution in [-0.4, -0.2) is 49.3 Å². The van der Waals surface area contributed by atoms with E-state index < -0.39 is 18.0 Å². The molecule has 0 aromatic carbocycles. The number of aliphatic hydroxyl groups is 1. The molecular formula is C12H14N4O4. The third-order valence-electron chi connectivity index (χ3n) is 2.76. The number of aliphatic carboxylic acids is 1. The van der Waals surface area contributed by atoms with E-state index in [0.29, 0.717) is 5.65 Å². The lowest BCUT2D eigenvalue weighted by molar-refractivity contribution is -0.146. The minimum absolute atomic E-state index is 0.231. The fraction of sp³-hybridized carbons (Fsp3) is 0.333. The third kappa shape index (κ3) is 2.59. The minimum atomic E-state index is -1.64. The van der Waals surface area contributed by atoms with E-state index >= 15 is 0 Å². The van der Waals surface area contributed by atoms with E-state index in [1.54, 1.807) is 6.92 Å². The van der Waals surface area contributed by atoms with Crippen molar-refractivity contribution in [3.8, 4) is 0 Å². The second-order valence-electron chi connectivity index (χ2n) is 4.40. The molecule has 8 heteroatoms. The largest absolute Gasteiger partial charge is 0.479 e. The number of aryl methyl sites for hydroxylation is 2. The molecule has 0 aliphatic heterocycles. The third-order valence-corrected chi connectivity index (χ3v) is 2.76. The summed E-state index contributed by atoms with van der Waals surface area (Å²) < 4.78 is 1.52. The van der Waals surface area contributed by atoms with Crippen molar-refractivity contribution in [2.24, 2.45) is 0 Å². The van der Waals surface area contributed by atoms with Crippen molar-refractivity contribution >= 4 is 17.5 Å². The maximum absolute atomic E-state index is 12.0. The Balaban J connectivity index is 2.25. The normalized spacial score (nSPS) is 12.3. The Morgan fingerprint density at radius 3 is 2.80 bits per heavy atom. The molecule has 0 aliphatic carbocycles. The van der Waals surface area contributed by atoms with E-state index in [4.69, 9.17) is 10.2 Å². The van der Waals surface area contributed by atoms with Gasteiger partial charge in [0.2, 0.25) is 0 Å². The number of carbonyl (C=O) groups is 2. The van der Waals surface area contributed by atoms with Crippen molar-refractivity contribution < 1.29 is 19.8 Å². The SMILES string of the molecule is Cc1cc(C)n2ncc(C(=O)NC[C@H](O)C(=O)O)c2n1. The van der Waals surface area contributed by atoms with Gasteiger partial charge in [0.05, 0.1) is 12.7 Å². The fourth-order valence-electron chi connectivity index (χ4n) is 1.80. The van der Waals surface area contributed by atoms with Crippen LogP contribution in [0.5, 0.6) is 0 Å². The predicted molar refractivity (Wildman–Crippen MR) is 68.4 cm³/mol. The molecule has 0 fully saturated rings. The van der Waals surface area contributed by atoms with Gasteiger partial charge in [0.15, 0.2) is 11.8 Å². The Kier molecular flexibility index (Phi) is 3.66. The number of hydrogen-bond donors (Lipinski definition) is 3. The van der Waals surface area contributed by atoms with E-state index in [9.17, 15) is 9.59 Å². The zero-order valence-electron chi connectivity index (χ0n) is 11.0. The van der Waals surface area contributed by atoms with Crippen LogP contribution >= 0.6 is 0 Å². The molecule has 0 spiro atoms. The summed E-state index contributed by atoms with van der Waals surface area (Å²) in [6, 6.07) is 1.83. The quantitative estimate of drug-likeness (QED) is 0.695. The lowest BCUT2D eigenvalue weighted by Crippen LogP contribution is -2.36. The topological polar surface area (TPSA) is 117 Å². The summed E-state index contributed by atoms with van der Waals surface area (Å²) >= 11 is 0. The van der Waals surface area contributed by atoms with Gasteiger partial charge in [0, 0.05) is 11.4 Å². The van der Waals surface area contributed by atoms with E-state index in [-0.39, 0.29) is 12.1 Å². The number of carbonyl (C=O) groups excluding carboxylic acids is 1. The van der Waals surface area contributed by atoms with Crippen molar-refractivity contribution in [3.63, 3.8) is 0 Å². The molecule has 0 bridgehead atoms. The molecule has 0 aliphatic rings. The summed E-state index contributed by atoms with van der Waals surface area (Å²) in [6.45, 7) is 3.26. The van der Waals surface area contributed by atoms with Gasteiger partial charge in [-0.3, -0.25) is 4.79 Å². The summed E-state index contributed by atoms with van der Waals surface area (Å²) in [5.41, 5.74) is 2.20. The van der Waals surface area contributed by atoms with Crippen molar-refractivity contribution in [1.82, 2.24) is 19.9 Å². The maximum Gasteiger partial charge on any atom is 0.334 e. The van der Waals surface area contributed by atoms with Crippen LogP contribution in [0, 0.1) is 13.8 Å². The Hall–Kier alpha value is -2.48. The Bertz CT molecular complexity index is 679. The minimum Gasteiger partial charge on any atom is -0.479 e. The maximum atomic E-state index is 12.0. The number of hydrogen-bond acceptors (Lipinski definition) is 5. The number of fused-ring (bicyclic) bond motifs is 1. The highest BCUT2D eigenvalue weighted by Crippen LogP contribution is 2.11. The number of amides is 1. The second kappa shape index (κ2) is 5.25. The lowest BCUT2D eigenvalue weighted by atomic mass is 10.2. The molecule has 2 aromatic heterocycles. The molecule has 0 saturated heterocycles. The van der Waals surface area contributed by atoms with Crippen LogP contribution in [-0.2, 0) is 4.79 Å². The van der Waals surface area contributed by atoms with Crippen LogP contribution in [0.2, 0.25) is 0 Å². The summed E-state index contributed by atoms with van der Waals surface area (Å²) in [5.74, 6) is -1.92. The van der Waals surface area contributed by atoms with E-state index in [2.05, 4.69) is 15.4 Å². The number of nitrogens with zero attached hydrogens (tertiary/aromatic N) is 3. The molecule has 106 valence electrons. The zero-order valence-corrected chi connectivity index (χ0v) is 11.0. The molecule has 3 N–H and O–H groups in total. The van der Waals surface area contributed by atoms with Crippen LogP contribution < -0.4 is 5.32 Å². The molecule has 0 radical (unpaired) electrons. The van der Waals surface area contributed by atoms with Crippen molar-refractivity contribution in [1.29, 1.82) is 0 Å². The fourth-order valence-corrected chi connectivity index (χ4v) is 1.80. The monoisotopic (exact) mass is 278 g/mol. The van der Waals surface area contributed by atoms with Gasteiger partial charge in [-0.2, -0.15) is 5.10 Å². The van der Waals surface area contributed by atoms with Gasteiger partial charge in [-0.15, -0.1) is 0 Å². The Morgan fingerprint density at radius 2 is 2.15 bits per heavy atom. The van der Waals surface area contributed by atoms with Gasteiger partial charge in [-0.1, -0.05) is 0 Å². The smallest absolute Gasteiger partial charge is 0.334 e. The molecule has 1 amide bonds. The average Bonchev–Trinajstić information content (AvgIpc) is 2.79. The molecule has 0 saturated carbocycles. The van der Waals surface area contributed by atoms with Gasteiger partial charge in [-0.05, 0) is 19.9 Å². The van der Waals surface area contributed by atoms with E-state index in [1.807, 2.05) is 13.0 Å². The molecule has 20 heavy (non-hydrogen) atoms. The van der Waals surface area contributed by atoms with Crippen LogP contribution in [0.3, 0.4) is 0 Å². The van der Waals surface area contributed by atoms with Gasteiger partial charge in [0.25, 0.3) is 5.91 Å². The predicted octanol–water partition coefficient (Wildman–Crippen LogP) is -0.479. The standard InChI is InChI=1S/C12H14N4O4/c1-6-3-7(2)16-10(15-6)8(4-14-16)11(18)13-5-9(17)12(19)20/h3-4,9,17H,5H2,1-2H3,(H,13,18)(H,19,20)/t9-/m0/s1. The molecular weight excluding hydrogens is 264 g/mol. The number of aliphatic hydroxyl groups excluding tert-OH is 1. The van der Waals surface area contributed by atoms with Crippen LogP contribution in [0.4, 0.5) is 0 Å². The first-order valence-electron chi connectivity index (χ1n) is 5.91. The first-order valence-corrected chi connectivity index (χ1v) is 5.91. The summed E-state index contributed by atoms with van der Waals surface area (Å²) in [5, 5.41) is 24.1. The first kappa shape index (κ1) is 13.9. The Labute approximate surface area is 114 Å². The highest BCUT2D eigenvalue weighted by molar-refractivity contribution is 5.99. The number of carboxylic acids is 1. The first-order chi connectivity index (χ1) is 9.40. The van der Waals surface area contributed by atoms with Gasteiger partial charge >= 0.3 is 5.97 Å². The van der Waals surface area contributed by atoms with Gasteiger partial charge < -0.3 is 15.5 Å². The van der Waals surface area contributed by atoms with E-state index in [0.717, 1.165) is 11.4 Å². The number of nitrogens with one attached hydrogen (secondary N) is 1. The second-order valence-corrected chi connectivity index (χ2v) is 4.40. The molecule has 2 heterocycles. The number of aromatic nitrogens is 3. The Morgan fingerprint density at radius 1 is 1.45 bits per heavy atom. The van der Waals surface area contributed by atoms with Crippen LogP contribution in [0.1, 0.15) is 21.7 Å². The summed E-state index contributed by atoms with van der Waals surface area (Å²) in [7, 11) is 0. The number of rotatable bonds is 4.